The Morgan fingerprint density at radius 2 is 2.22 bits per heavy atom. The van der Waals surface area contributed by atoms with E-state index in [2.05, 4.69) is 49.5 Å². The van der Waals surface area contributed by atoms with Gasteiger partial charge in [-0.05, 0) is 43.2 Å². The van der Waals surface area contributed by atoms with Crippen molar-refractivity contribution in [1.82, 2.24) is 0 Å². The van der Waals surface area contributed by atoms with Crippen LogP contribution in [0.3, 0.4) is 0 Å². The molecule has 18 heavy (non-hydrogen) atoms. The lowest BCUT2D eigenvalue weighted by molar-refractivity contribution is 0.214. The Morgan fingerprint density at radius 1 is 1.33 bits per heavy atom. The van der Waals surface area contributed by atoms with Gasteiger partial charge in [0.25, 0.3) is 0 Å². The second-order valence-corrected chi connectivity index (χ2v) is 5.84. The molecule has 0 amide bonds. The van der Waals surface area contributed by atoms with E-state index in [0.717, 1.165) is 24.4 Å². The van der Waals surface area contributed by atoms with E-state index in [9.17, 15) is 0 Å². The molecule has 3 rings (SSSR count). The number of aryl methyl sites for hydroxylation is 2. The first-order valence-electron chi connectivity index (χ1n) is 6.36. The lowest BCUT2D eigenvalue weighted by atomic mass is 10.1. The van der Waals surface area contributed by atoms with Gasteiger partial charge in [-0.3, -0.25) is 0 Å². The molecule has 2 aromatic rings. The quantitative estimate of drug-likeness (QED) is 0.874. The first-order chi connectivity index (χ1) is 8.76. The summed E-state index contributed by atoms with van der Waals surface area (Å²) in [6, 6.07) is 10.7. The minimum atomic E-state index is 0.144. The number of ether oxygens (including phenoxy) is 1. The van der Waals surface area contributed by atoms with Crippen molar-refractivity contribution in [2.75, 3.05) is 11.9 Å². The molecule has 1 aromatic carbocycles. The molecule has 0 radical (unpaired) electrons. The topological polar surface area (TPSA) is 21.3 Å². The van der Waals surface area contributed by atoms with Crippen LogP contribution in [-0.2, 0) is 6.42 Å². The summed E-state index contributed by atoms with van der Waals surface area (Å²) in [6.07, 6.45) is 1.24. The van der Waals surface area contributed by atoms with Crippen LogP contribution >= 0.6 is 11.3 Å². The van der Waals surface area contributed by atoms with Gasteiger partial charge in [-0.15, -0.1) is 11.3 Å². The highest BCUT2D eigenvalue weighted by atomic mass is 32.1. The molecular weight excluding hydrogens is 242 g/mol. The number of hydrogen-bond donors (Lipinski definition) is 1. The Labute approximate surface area is 112 Å². The van der Waals surface area contributed by atoms with E-state index in [1.165, 1.54) is 15.3 Å². The van der Waals surface area contributed by atoms with E-state index in [0.29, 0.717) is 0 Å². The summed E-state index contributed by atoms with van der Waals surface area (Å²) in [7, 11) is 0. The van der Waals surface area contributed by atoms with Crippen LogP contribution in [-0.4, -0.2) is 6.54 Å². The number of thiophene rings is 1. The smallest absolute Gasteiger partial charge is 0.150 e. The molecule has 3 heteroatoms. The fourth-order valence-electron chi connectivity index (χ4n) is 2.20. The number of fused-ring (bicyclic) bond motifs is 1. The highest BCUT2D eigenvalue weighted by Crippen LogP contribution is 2.36. The zero-order valence-corrected chi connectivity index (χ0v) is 11.5. The maximum absolute atomic E-state index is 6.08. The third-order valence-corrected chi connectivity index (χ3v) is 4.55. The monoisotopic (exact) mass is 259 g/mol. The SMILES string of the molecule is CCc1ccc(C2CNc3cc(C)ccc3O2)s1. The van der Waals surface area contributed by atoms with Crippen LogP contribution in [0.1, 0.15) is 28.3 Å². The molecule has 1 N–H and O–H groups in total. The van der Waals surface area contributed by atoms with Crippen molar-refractivity contribution in [3.63, 3.8) is 0 Å². The van der Waals surface area contributed by atoms with Crippen molar-refractivity contribution in [2.45, 2.75) is 26.4 Å². The standard InChI is InChI=1S/C15H17NOS/c1-3-11-5-7-15(18-11)14-9-16-12-8-10(2)4-6-13(12)17-14/h4-8,14,16H,3,9H2,1-2H3. The Kier molecular flexibility index (Phi) is 3.00. The fraction of sp³-hybridized carbons (Fsp3) is 0.333. The van der Waals surface area contributed by atoms with Crippen molar-refractivity contribution >= 4 is 17.0 Å². The molecular formula is C15H17NOS. The highest BCUT2D eigenvalue weighted by Gasteiger charge is 2.22. The molecule has 1 aliphatic rings. The molecule has 2 nitrogen and oxygen atoms in total. The maximum atomic E-state index is 6.08. The van der Waals surface area contributed by atoms with Gasteiger partial charge in [0.2, 0.25) is 0 Å². The van der Waals surface area contributed by atoms with Crippen LogP contribution in [0.4, 0.5) is 5.69 Å². The molecule has 1 unspecified atom stereocenters. The van der Waals surface area contributed by atoms with Gasteiger partial charge in [0.1, 0.15) is 5.75 Å². The van der Waals surface area contributed by atoms with Crippen LogP contribution in [0.15, 0.2) is 30.3 Å². The van der Waals surface area contributed by atoms with E-state index in [1.54, 1.807) is 0 Å². The summed E-state index contributed by atoms with van der Waals surface area (Å²) in [6.45, 7) is 5.13. The highest BCUT2D eigenvalue weighted by molar-refractivity contribution is 7.12. The van der Waals surface area contributed by atoms with E-state index >= 15 is 0 Å². The molecule has 0 fully saturated rings. The van der Waals surface area contributed by atoms with Crippen LogP contribution in [0.25, 0.3) is 0 Å². The first-order valence-corrected chi connectivity index (χ1v) is 7.17. The zero-order valence-electron chi connectivity index (χ0n) is 10.7. The summed E-state index contributed by atoms with van der Waals surface area (Å²) >= 11 is 1.85. The molecule has 0 spiro atoms. The Hall–Kier alpha value is -1.48. The summed E-state index contributed by atoms with van der Waals surface area (Å²) in [5.41, 5.74) is 2.37. The molecule has 0 bridgehead atoms. The second-order valence-electron chi connectivity index (χ2n) is 4.64. The van der Waals surface area contributed by atoms with E-state index < -0.39 is 0 Å². The molecule has 0 aliphatic carbocycles. The average molecular weight is 259 g/mol. The Balaban J connectivity index is 1.84. The molecule has 1 aromatic heterocycles. The predicted octanol–water partition coefficient (Wildman–Crippen LogP) is 4.16. The number of hydrogen-bond acceptors (Lipinski definition) is 3. The van der Waals surface area contributed by atoms with Gasteiger partial charge in [-0.2, -0.15) is 0 Å². The van der Waals surface area contributed by atoms with Crippen molar-refractivity contribution in [2.24, 2.45) is 0 Å². The van der Waals surface area contributed by atoms with Gasteiger partial charge in [-0.25, -0.2) is 0 Å². The van der Waals surface area contributed by atoms with E-state index in [-0.39, 0.29) is 6.10 Å². The number of nitrogens with one attached hydrogen (secondary N) is 1. The second kappa shape index (κ2) is 4.65. The maximum Gasteiger partial charge on any atom is 0.150 e. The Morgan fingerprint density at radius 3 is 3.00 bits per heavy atom. The zero-order chi connectivity index (χ0) is 12.5. The fourth-order valence-corrected chi connectivity index (χ4v) is 3.18. The van der Waals surface area contributed by atoms with Crippen LogP contribution in [0.2, 0.25) is 0 Å². The van der Waals surface area contributed by atoms with Crippen LogP contribution in [0, 0.1) is 6.92 Å². The molecule has 0 saturated carbocycles. The van der Waals surface area contributed by atoms with Gasteiger partial charge in [-0.1, -0.05) is 13.0 Å². The number of benzene rings is 1. The van der Waals surface area contributed by atoms with Crippen molar-refractivity contribution < 1.29 is 4.74 Å². The lowest BCUT2D eigenvalue weighted by Crippen LogP contribution is -2.22. The minimum absolute atomic E-state index is 0.144. The van der Waals surface area contributed by atoms with Crippen molar-refractivity contribution in [3.05, 3.63) is 45.6 Å². The van der Waals surface area contributed by atoms with Crippen molar-refractivity contribution in [1.29, 1.82) is 0 Å². The van der Waals surface area contributed by atoms with Crippen LogP contribution in [0.5, 0.6) is 5.75 Å². The molecule has 94 valence electrons. The van der Waals surface area contributed by atoms with Crippen molar-refractivity contribution in [3.8, 4) is 5.75 Å². The first kappa shape index (κ1) is 11.6. The van der Waals surface area contributed by atoms with Crippen LogP contribution < -0.4 is 10.1 Å². The number of rotatable bonds is 2. The van der Waals surface area contributed by atoms with Gasteiger partial charge < -0.3 is 10.1 Å². The summed E-state index contributed by atoms with van der Waals surface area (Å²) in [5, 5.41) is 3.46. The third kappa shape index (κ3) is 2.10. The Bertz CT molecular complexity index is 561. The largest absolute Gasteiger partial charge is 0.481 e. The summed E-state index contributed by atoms with van der Waals surface area (Å²) < 4.78 is 6.08. The lowest BCUT2D eigenvalue weighted by Gasteiger charge is -2.27. The molecule has 1 atom stereocenters. The van der Waals surface area contributed by atoms with Gasteiger partial charge in [0.15, 0.2) is 6.10 Å². The minimum Gasteiger partial charge on any atom is -0.481 e. The van der Waals surface area contributed by atoms with Gasteiger partial charge in [0, 0.05) is 9.75 Å². The molecule has 2 heterocycles. The van der Waals surface area contributed by atoms with Gasteiger partial charge >= 0.3 is 0 Å². The summed E-state index contributed by atoms with van der Waals surface area (Å²) in [5.74, 6) is 0.961. The third-order valence-electron chi connectivity index (χ3n) is 3.23. The molecule has 0 saturated heterocycles. The van der Waals surface area contributed by atoms with E-state index in [4.69, 9.17) is 4.74 Å². The summed E-state index contributed by atoms with van der Waals surface area (Å²) in [4.78, 5) is 2.73. The number of anilines is 1. The predicted molar refractivity (Wildman–Crippen MR) is 76.7 cm³/mol. The normalized spacial score (nSPS) is 17.8. The van der Waals surface area contributed by atoms with E-state index in [1.807, 2.05) is 11.3 Å². The average Bonchev–Trinajstić information content (AvgIpc) is 2.87. The van der Waals surface area contributed by atoms with Gasteiger partial charge in [0.05, 0.1) is 12.2 Å². The molecule has 1 aliphatic heterocycles.